The van der Waals surface area contributed by atoms with Gasteiger partial charge in [-0.05, 0) is 36.5 Å². The molecule has 0 saturated carbocycles. The third-order valence-corrected chi connectivity index (χ3v) is 2.95. The summed E-state index contributed by atoms with van der Waals surface area (Å²) in [4.78, 5) is 23.0. The van der Waals surface area contributed by atoms with Crippen LogP contribution in [0.3, 0.4) is 0 Å². The zero-order valence-corrected chi connectivity index (χ0v) is 10.5. The van der Waals surface area contributed by atoms with Crippen LogP contribution in [0.2, 0.25) is 0 Å². The van der Waals surface area contributed by atoms with Gasteiger partial charge in [-0.1, -0.05) is 19.9 Å². The molecule has 0 fully saturated rings. The fourth-order valence-corrected chi connectivity index (χ4v) is 2.24. The molecule has 0 atom stereocenters. The van der Waals surface area contributed by atoms with E-state index in [1.807, 2.05) is 19.9 Å². The first-order chi connectivity index (χ1) is 7.93. The Balaban J connectivity index is 3.73. The molecular weight excluding hydrogens is 216 g/mol. The average molecular weight is 234 g/mol. The Bertz CT molecular complexity index is 479. The summed E-state index contributed by atoms with van der Waals surface area (Å²) < 4.78 is 0. The first-order valence-electron chi connectivity index (χ1n) is 5.68. The van der Waals surface area contributed by atoms with E-state index in [1.165, 1.54) is 0 Å². The van der Waals surface area contributed by atoms with Crippen LogP contribution < -0.4 is 11.5 Å². The number of aryl methyl sites for hydroxylation is 2. The number of rotatable bonds is 4. The Labute approximate surface area is 101 Å². The topological polar surface area (TPSA) is 86.2 Å². The lowest BCUT2D eigenvalue weighted by Crippen LogP contribution is -2.24. The third kappa shape index (κ3) is 2.30. The van der Waals surface area contributed by atoms with Crippen molar-refractivity contribution in [3.8, 4) is 0 Å². The highest BCUT2D eigenvalue weighted by Gasteiger charge is 2.21. The Morgan fingerprint density at radius 1 is 1.06 bits per heavy atom. The summed E-state index contributed by atoms with van der Waals surface area (Å²) in [5.41, 5.74) is 13.8. The molecule has 17 heavy (non-hydrogen) atoms. The summed E-state index contributed by atoms with van der Waals surface area (Å²) in [6, 6.07) is 1.91. The van der Waals surface area contributed by atoms with Crippen LogP contribution in [-0.2, 0) is 12.8 Å². The van der Waals surface area contributed by atoms with Crippen LogP contribution in [0.5, 0.6) is 0 Å². The molecule has 0 unspecified atom stereocenters. The van der Waals surface area contributed by atoms with E-state index in [1.54, 1.807) is 6.92 Å². The van der Waals surface area contributed by atoms with Crippen LogP contribution in [0, 0.1) is 6.92 Å². The summed E-state index contributed by atoms with van der Waals surface area (Å²) in [5, 5.41) is 0. The first-order valence-corrected chi connectivity index (χ1v) is 5.68. The number of hydrogen-bond acceptors (Lipinski definition) is 2. The molecule has 4 N–H and O–H groups in total. The van der Waals surface area contributed by atoms with Crippen molar-refractivity contribution in [1.82, 2.24) is 0 Å². The second-order valence-electron chi connectivity index (χ2n) is 4.02. The maximum absolute atomic E-state index is 11.5. The van der Waals surface area contributed by atoms with Gasteiger partial charge in [0.2, 0.25) is 11.8 Å². The van der Waals surface area contributed by atoms with Crippen molar-refractivity contribution in [3.63, 3.8) is 0 Å². The lowest BCUT2D eigenvalue weighted by molar-refractivity contribution is 0.0966. The van der Waals surface area contributed by atoms with Crippen molar-refractivity contribution < 1.29 is 9.59 Å². The van der Waals surface area contributed by atoms with Gasteiger partial charge in [-0.2, -0.15) is 0 Å². The second-order valence-corrected chi connectivity index (χ2v) is 4.02. The Morgan fingerprint density at radius 3 is 1.94 bits per heavy atom. The average Bonchev–Trinajstić information content (AvgIpc) is 2.26. The zero-order chi connectivity index (χ0) is 13.2. The van der Waals surface area contributed by atoms with Gasteiger partial charge in [-0.3, -0.25) is 9.59 Å². The first kappa shape index (κ1) is 13.2. The van der Waals surface area contributed by atoms with Gasteiger partial charge in [0.05, 0.1) is 11.1 Å². The summed E-state index contributed by atoms with van der Waals surface area (Å²) in [5.74, 6) is -1.19. The van der Waals surface area contributed by atoms with E-state index in [9.17, 15) is 9.59 Å². The van der Waals surface area contributed by atoms with E-state index in [0.29, 0.717) is 12.0 Å². The molecule has 1 aromatic carbocycles. The molecule has 0 radical (unpaired) electrons. The van der Waals surface area contributed by atoms with E-state index in [-0.39, 0.29) is 11.1 Å². The number of carbonyl (C=O) groups excluding carboxylic acids is 2. The maximum atomic E-state index is 11.5. The normalized spacial score (nSPS) is 10.3. The van der Waals surface area contributed by atoms with E-state index in [4.69, 9.17) is 11.5 Å². The molecule has 0 bridgehead atoms. The predicted molar refractivity (Wildman–Crippen MR) is 67.0 cm³/mol. The smallest absolute Gasteiger partial charge is 0.249 e. The van der Waals surface area contributed by atoms with Crippen LogP contribution in [0.15, 0.2) is 6.07 Å². The lowest BCUT2D eigenvalue weighted by atomic mass is 9.89. The van der Waals surface area contributed by atoms with Crippen LogP contribution in [-0.4, -0.2) is 11.8 Å². The summed E-state index contributed by atoms with van der Waals surface area (Å²) >= 11 is 0. The van der Waals surface area contributed by atoms with Gasteiger partial charge in [0, 0.05) is 0 Å². The number of nitrogens with two attached hydrogens (primary N) is 2. The van der Waals surface area contributed by atoms with Crippen LogP contribution >= 0.6 is 0 Å². The highest BCUT2D eigenvalue weighted by molar-refractivity contribution is 6.08. The summed E-state index contributed by atoms with van der Waals surface area (Å²) in [6.07, 6.45) is 1.45. The van der Waals surface area contributed by atoms with E-state index in [2.05, 4.69) is 0 Å². The molecule has 1 aromatic rings. The van der Waals surface area contributed by atoms with Crippen molar-refractivity contribution >= 4 is 11.8 Å². The number of amides is 2. The summed E-state index contributed by atoms with van der Waals surface area (Å²) in [7, 11) is 0. The SMILES string of the molecule is CCc1cc(C)c(C(N)=O)c(C(N)=O)c1CC. The molecular formula is C13H18N2O2. The quantitative estimate of drug-likeness (QED) is 0.823. The van der Waals surface area contributed by atoms with E-state index < -0.39 is 11.8 Å². The molecule has 0 saturated heterocycles. The lowest BCUT2D eigenvalue weighted by Gasteiger charge is -2.16. The van der Waals surface area contributed by atoms with Gasteiger partial charge >= 0.3 is 0 Å². The van der Waals surface area contributed by atoms with Crippen molar-refractivity contribution in [1.29, 1.82) is 0 Å². The van der Waals surface area contributed by atoms with Gasteiger partial charge in [0.15, 0.2) is 0 Å². The molecule has 0 aliphatic rings. The molecule has 0 aliphatic heterocycles. The fourth-order valence-electron chi connectivity index (χ4n) is 2.24. The molecule has 0 heterocycles. The molecule has 4 heteroatoms. The fraction of sp³-hybridized carbons (Fsp3) is 0.385. The van der Waals surface area contributed by atoms with Crippen molar-refractivity contribution in [2.24, 2.45) is 11.5 Å². The number of primary amides is 2. The highest BCUT2D eigenvalue weighted by Crippen LogP contribution is 2.24. The molecule has 0 aliphatic carbocycles. The van der Waals surface area contributed by atoms with Crippen molar-refractivity contribution in [2.75, 3.05) is 0 Å². The van der Waals surface area contributed by atoms with Gasteiger partial charge in [0.25, 0.3) is 0 Å². The van der Waals surface area contributed by atoms with Crippen LogP contribution in [0.1, 0.15) is 51.3 Å². The monoisotopic (exact) mass is 234 g/mol. The van der Waals surface area contributed by atoms with Crippen molar-refractivity contribution in [2.45, 2.75) is 33.6 Å². The molecule has 1 rings (SSSR count). The van der Waals surface area contributed by atoms with E-state index in [0.717, 1.165) is 17.5 Å². The van der Waals surface area contributed by atoms with Gasteiger partial charge in [-0.15, -0.1) is 0 Å². The van der Waals surface area contributed by atoms with Gasteiger partial charge in [0.1, 0.15) is 0 Å². The predicted octanol–water partition coefficient (Wildman–Crippen LogP) is 1.32. The molecule has 0 aromatic heterocycles. The maximum Gasteiger partial charge on any atom is 0.249 e. The largest absolute Gasteiger partial charge is 0.366 e. The summed E-state index contributed by atoms with van der Waals surface area (Å²) in [6.45, 7) is 5.70. The van der Waals surface area contributed by atoms with Gasteiger partial charge < -0.3 is 11.5 Å². The molecule has 0 spiro atoms. The molecule has 92 valence electrons. The Kier molecular flexibility index (Phi) is 3.89. The standard InChI is InChI=1S/C13H18N2O2/c1-4-8-6-7(3)10(12(14)16)11(13(15)17)9(8)5-2/h6H,4-5H2,1-3H3,(H2,14,16)(H2,15,17). The van der Waals surface area contributed by atoms with E-state index >= 15 is 0 Å². The second kappa shape index (κ2) is 4.99. The van der Waals surface area contributed by atoms with Gasteiger partial charge in [-0.25, -0.2) is 0 Å². The Morgan fingerprint density at radius 2 is 1.59 bits per heavy atom. The number of benzene rings is 1. The third-order valence-electron chi connectivity index (χ3n) is 2.95. The van der Waals surface area contributed by atoms with Crippen LogP contribution in [0.25, 0.3) is 0 Å². The number of hydrogen-bond donors (Lipinski definition) is 2. The van der Waals surface area contributed by atoms with Crippen LogP contribution in [0.4, 0.5) is 0 Å². The highest BCUT2D eigenvalue weighted by atomic mass is 16.2. The van der Waals surface area contributed by atoms with Crippen molar-refractivity contribution in [3.05, 3.63) is 33.9 Å². The molecule has 4 nitrogen and oxygen atoms in total. The molecule has 2 amide bonds. The Hall–Kier alpha value is -1.84. The minimum absolute atomic E-state index is 0.256. The minimum atomic E-state index is -0.603. The number of carbonyl (C=O) groups is 2. The zero-order valence-electron chi connectivity index (χ0n) is 10.5. The minimum Gasteiger partial charge on any atom is -0.366 e.